The number of carbonyl (C=O) groups is 1. The summed E-state index contributed by atoms with van der Waals surface area (Å²) in [6, 6.07) is 9.54. The number of para-hydroxylation sites is 1. The SMILES string of the molecule is CCOC(=O)CSC(=Nc1ncn[nH]1)Nc1ccccc1. The summed E-state index contributed by atoms with van der Waals surface area (Å²) >= 11 is 1.24. The fraction of sp³-hybridized carbons (Fsp3) is 0.231. The molecule has 2 aromatic rings. The normalized spacial score (nSPS) is 11.2. The van der Waals surface area contributed by atoms with Crippen molar-refractivity contribution in [2.75, 3.05) is 17.7 Å². The number of aliphatic imine (C=N–C) groups is 1. The molecule has 8 heteroatoms. The highest BCUT2D eigenvalue weighted by Crippen LogP contribution is 2.14. The third kappa shape index (κ3) is 5.27. The average Bonchev–Trinajstić information content (AvgIpc) is 2.99. The lowest BCUT2D eigenvalue weighted by molar-refractivity contribution is -0.139. The number of nitrogens with one attached hydrogen (secondary N) is 2. The zero-order valence-corrected chi connectivity index (χ0v) is 12.3. The first-order chi connectivity index (χ1) is 10.3. The van der Waals surface area contributed by atoms with E-state index in [0.717, 1.165) is 5.69 Å². The minimum absolute atomic E-state index is 0.167. The summed E-state index contributed by atoms with van der Waals surface area (Å²) in [5.74, 6) is 0.244. The number of amidine groups is 1. The third-order valence-corrected chi connectivity index (χ3v) is 3.11. The molecule has 0 amide bonds. The maximum absolute atomic E-state index is 11.4. The highest BCUT2D eigenvalue weighted by Gasteiger charge is 2.08. The van der Waals surface area contributed by atoms with Crippen molar-refractivity contribution in [3.05, 3.63) is 36.7 Å². The molecule has 1 aromatic carbocycles. The molecule has 2 N–H and O–H groups in total. The number of hydrogen-bond acceptors (Lipinski definition) is 6. The van der Waals surface area contributed by atoms with Crippen LogP contribution in [-0.2, 0) is 9.53 Å². The lowest BCUT2D eigenvalue weighted by Crippen LogP contribution is -2.13. The van der Waals surface area contributed by atoms with Crippen LogP contribution >= 0.6 is 11.8 Å². The topological polar surface area (TPSA) is 92.3 Å². The quantitative estimate of drug-likeness (QED) is 0.500. The van der Waals surface area contributed by atoms with Gasteiger partial charge in [0.25, 0.3) is 0 Å². The van der Waals surface area contributed by atoms with Gasteiger partial charge in [-0.1, -0.05) is 30.0 Å². The predicted molar refractivity (Wildman–Crippen MR) is 82.6 cm³/mol. The Bertz CT molecular complexity index is 586. The second-order valence-electron chi connectivity index (χ2n) is 3.81. The first-order valence-electron chi connectivity index (χ1n) is 6.32. The van der Waals surface area contributed by atoms with Gasteiger partial charge in [0.2, 0.25) is 5.95 Å². The Morgan fingerprint density at radius 3 is 2.90 bits per heavy atom. The van der Waals surface area contributed by atoms with Gasteiger partial charge in [0.1, 0.15) is 6.33 Å². The van der Waals surface area contributed by atoms with Crippen LogP contribution < -0.4 is 5.32 Å². The zero-order valence-electron chi connectivity index (χ0n) is 11.4. The fourth-order valence-electron chi connectivity index (χ4n) is 1.42. The molecule has 0 radical (unpaired) electrons. The minimum Gasteiger partial charge on any atom is -0.465 e. The number of benzene rings is 1. The highest BCUT2D eigenvalue weighted by molar-refractivity contribution is 8.14. The van der Waals surface area contributed by atoms with Crippen LogP contribution in [0.4, 0.5) is 11.6 Å². The standard InChI is InChI=1S/C13H15N5O2S/c1-2-20-11(19)8-21-13(17-12-14-9-15-18-12)16-10-6-4-3-5-7-10/h3-7,9H,2,8H2,1H3,(H2,14,15,16,17,18). The predicted octanol–water partition coefficient (Wildman–Crippen LogP) is 2.20. The van der Waals surface area contributed by atoms with E-state index in [-0.39, 0.29) is 11.7 Å². The van der Waals surface area contributed by atoms with E-state index in [1.165, 1.54) is 18.1 Å². The van der Waals surface area contributed by atoms with Gasteiger partial charge in [0.05, 0.1) is 12.4 Å². The van der Waals surface area contributed by atoms with E-state index >= 15 is 0 Å². The van der Waals surface area contributed by atoms with Crippen molar-refractivity contribution in [3.63, 3.8) is 0 Å². The van der Waals surface area contributed by atoms with E-state index < -0.39 is 0 Å². The van der Waals surface area contributed by atoms with E-state index in [4.69, 9.17) is 4.74 Å². The summed E-state index contributed by atoms with van der Waals surface area (Å²) in [5.41, 5.74) is 0.868. The second kappa shape index (κ2) is 8.05. The van der Waals surface area contributed by atoms with Crippen molar-refractivity contribution >= 4 is 34.5 Å². The van der Waals surface area contributed by atoms with Gasteiger partial charge < -0.3 is 10.1 Å². The lowest BCUT2D eigenvalue weighted by atomic mass is 10.3. The molecule has 0 atom stereocenters. The molecule has 0 aliphatic rings. The lowest BCUT2D eigenvalue weighted by Gasteiger charge is -2.08. The Hall–Kier alpha value is -2.35. The van der Waals surface area contributed by atoms with Crippen LogP contribution in [0.25, 0.3) is 0 Å². The Morgan fingerprint density at radius 1 is 1.43 bits per heavy atom. The van der Waals surface area contributed by atoms with E-state index in [1.807, 2.05) is 30.3 Å². The average molecular weight is 305 g/mol. The zero-order chi connectivity index (χ0) is 14.9. The molecule has 0 saturated carbocycles. The molecule has 110 valence electrons. The van der Waals surface area contributed by atoms with Gasteiger partial charge in [-0.25, -0.2) is 5.10 Å². The number of H-pyrrole nitrogens is 1. The maximum Gasteiger partial charge on any atom is 0.316 e. The third-order valence-electron chi connectivity index (χ3n) is 2.27. The number of rotatable bonds is 5. The van der Waals surface area contributed by atoms with E-state index in [9.17, 15) is 4.79 Å². The fourth-order valence-corrected chi connectivity index (χ4v) is 2.10. The van der Waals surface area contributed by atoms with Gasteiger partial charge in [-0.3, -0.25) is 4.79 Å². The molecule has 0 saturated heterocycles. The minimum atomic E-state index is -0.289. The Balaban J connectivity index is 2.05. The summed E-state index contributed by atoms with van der Waals surface area (Å²) in [6.45, 7) is 2.13. The molecular formula is C13H15N5O2S. The van der Waals surface area contributed by atoms with Crippen molar-refractivity contribution in [2.45, 2.75) is 6.92 Å². The summed E-state index contributed by atoms with van der Waals surface area (Å²) in [5, 5.41) is 10.0. The Labute approximate surface area is 126 Å². The number of aromatic amines is 1. The molecule has 0 bridgehead atoms. The Morgan fingerprint density at radius 2 is 2.24 bits per heavy atom. The van der Waals surface area contributed by atoms with Gasteiger partial charge in [-0.05, 0) is 19.1 Å². The first-order valence-corrected chi connectivity index (χ1v) is 7.31. The molecule has 0 aliphatic carbocycles. The number of anilines is 1. The van der Waals surface area contributed by atoms with E-state index in [0.29, 0.717) is 17.7 Å². The highest BCUT2D eigenvalue weighted by atomic mass is 32.2. The number of carbonyl (C=O) groups excluding carboxylic acids is 1. The number of esters is 1. The van der Waals surface area contributed by atoms with Crippen LogP contribution in [-0.4, -0.2) is 38.7 Å². The van der Waals surface area contributed by atoms with Crippen molar-refractivity contribution < 1.29 is 9.53 Å². The number of aromatic nitrogens is 3. The second-order valence-corrected chi connectivity index (χ2v) is 4.77. The molecule has 0 spiro atoms. The van der Waals surface area contributed by atoms with Crippen LogP contribution in [0.15, 0.2) is 41.7 Å². The van der Waals surface area contributed by atoms with Crippen LogP contribution in [0.2, 0.25) is 0 Å². The molecule has 1 heterocycles. The number of nitrogens with zero attached hydrogens (tertiary/aromatic N) is 3. The van der Waals surface area contributed by atoms with Crippen LogP contribution in [0.3, 0.4) is 0 Å². The van der Waals surface area contributed by atoms with Crippen molar-refractivity contribution in [3.8, 4) is 0 Å². The van der Waals surface area contributed by atoms with Crippen molar-refractivity contribution in [2.24, 2.45) is 4.99 Å². The van der Waals surface area contributed by atoms with Gasteiger partial charge in [0.15, 0.2) is 5.17 Å². The van der Waals surface area contributed by atoms with Gasteiger partial charge in [0, 0.05) is 5.69 Å². The van der Waals surface area contributed by atoms with Gasteiger partial charge in [-0.15, -0.1) is 0 Å². The van der Waals surface area contributed by atoms with Crippen molar-refractivity contribution in [1.29, 1.82) is 0 Å². The smallest absolute Gasteiger partial charge is 0.316 e. The number of thioether (sulfide) groups is 1. The summed E-state index contributed by atoms with van der Waals surface area (Å²) in [6.07, 6.45) is 1.37. The monoisotopic (exact) mass is 305 g/mol. The summed E-state index contributed by atoms with van der Waals surface area (Å²) in [7, 11) is 0. The van der Waals surface area contributed by atoms with Crippen LogP contribution in [0, 0.1) is 0 Å². The van der Waals surface area contributed by atoms with Crippen LogP contribution in [0.5, 0.6) is 0 Å². The van der Waals surface area contributed by atoms with Gasteiger partial charge in [-0.2, -0.15) is 15.1 Å². The largest absolute Gasteiger partial charge is 0.465 e. The number of hydrogen-bond donors (Lipinski definition) is 2. The van der Waals surface area contributed by atoms with Gasteiger partial charge >= 0.3 is 5.97 Å². The molecule has 2 rings (SSSR count). The molecule has 21 heavy (non-hydrogen) atoms. The molecular weight excluding hydrogens is 290 g/mol. The molecule has 1 aromatic heterocycles. The number of ether oxygens (including phenoxy) is 1. The molecule has 0 aliphatic heterocycles. The van der Waals surface area contributed by atoms with Crippen LogP contribution in [0.1, 0.15) is 6.92 Å². The van der Waals surface area contributed by atoms with E-state index in [2.05, 4.69) is 25.5 Å². The molecule has 7 nitrogen and oxygen atoms in total. The summed E-state index contributed by atoms with van der Waals surface area (Å²) in [4.78, 5) is 19.7. The first kappa shape index (κ1) is 15.0. The Kier molecular flexibility index (Phi) is 5.77. The molecule has 0 fully saturated rings. The van der Waals surface area contributed by atoms with Crippen molar-refractivity contribution in [1.82, 2.24) is 15.2 Å². The summed E-state index contributed by atoms with van der Waals surface area (Å²) < 4.78 is 4.90. The molecule has 0 unspecified atom stereocenters. The maximum atomic E-state index is 11.4. The van der Waals surface area contributed by atoms with E-state index in [1.54, 1.807) is 6.92 Å².